The SMILES string of the molecule is NC(=S)C1(NC(=O)c2ccccc2Cl)CCCCC1. The molecule has 2 rings (SSSR count). The fraction of sp³-hybridized carbons (Fsp3) is 0.429. The molecule has 0 saturated heterocycles. The van der Waals surface area contributed by atoms with Crippen LogP contribution in [0.5, 0.6) is 0 Å². The van der Waals surface area contributed by atoms with Crippen molar-refractivity contribution >= 4 is 34.7 Å². The molecule has 0 aliphatic heterocycles. The molecular formula is C14H17ClN2OS. The average Bonchev–Trinajstić information content (AvgIpc) is 2.40. The first kappa shape index (κ1) is 14.3. The topological polar surface area (TPSA) is 55.1 Å². The minimum Gasteiger partial charge on any atom is -0.391 e. The highest BCUT2D eigenvalue weighted by Gasteiger charge is 2.36. The van der Waals surface area contributed by atoms with E-state index in [2.05, 4.69) is 5.32 Å². The minimum atomic E-state index is -0.552. The molecule has 0 aromatic heterocycles. The standard InChI is InChI=1S/C14H17ClN2OS/c15-11-7-3-2-6-10(11)12(18)17-14(13(16)19)8-4-1-5-9-14/h2-3,6-7H,1,4-5,8-9H2,(H2,16,19)(H,17,18). The third kappa shape index (κ3) is 3.07. The van der Waals surface area contributed by atoms with Gasteiger partial charge in [0.15, 0.2) is 0 Å². The summed E-state index contributed by atoms with van der Waals surface area (Å²) in [4.78, 5) is 12.7. The van der Waals surface area contributed by atoms with Crippen LogP contribution in [0.3, 0.4) is 0 Å². The Morgan fingerprint density at radius 2 is 1.89 bits per heavy atom. The van der Waals surface area contributed by atoms with Gasteiger partial charge in [0.2, 0.25) is 0 Å². The number of nitrogens with two attached hydrogens (primary N) is 1. The van der Waals surface area contributed by atoms with Crippen molar-refractivity contribution in [3.05, 3.63) is 34.9 Å². The Kier molecular flexibility index (Phi) is 4.42. The summed E-state index contributed by atoms with van der Waals surface area (Å²) in [5.41, 5.74) is 5.76. The van der Waals surface area contributed by atoms with Crippen molar-refractivity contribution in [3.8, 4) is 0 Å². The maximum atomic E-state index is 12.3. The second kappa shape index (κ2) is 5.88. The van der Waals surface area contributed by atoms with Crippen LogP contribution in [0.4, 0.5) is 0 Å². The van der Waals surface area contributed by atoms with E-state index in [0.29, 0.717) is 15.6 Å². The van der Waals surface area contributed by atoms with Crippen molar-refractivity contribution in [2.24, 2.45) is 5.73 Å². The molecule has 1 aliphatic carbocycles. The van der Waals surface area contributed by atoms with Crippen LogP contribution in [-0.4, -0.2) is 16.4 Å². The molecule has 1 aromatic carbocycles. The Morgan fingerprint density at radius 3 is 2.47 bits per heavy atom. The number of carbonyl (C=O) groups excluding carboxylic acids is 1. The van der Waals surface area contributed by atoms with Gasteiger partial charge in [0.05, 0.1) is 21.1 Å². The predicted molar refractivity (Wildman–Crippen MR) is 81.5 cm³/mol. The summed E-state index contributed by atoms with van der Waals surface area (Å²) in [5, 5.41) is 3.44. The van der Waals surface area contributed by atoms with Crippen LogP contribution >= 0.6 is 23.8 Å². The van der Waals surface area contributed by atoms with Gasteiger partial charge in [0.1, 0.15) is 0 Å². The van der Waals surface area contributed by atoms with E-state index >= 15 is 0 Å². The van der Waals surface area contributed by atoms with Gasteiger partial charge in [0, 0.05) is 0 Å². The summed E-state index contributed by atoms with van der Waals surface area (Å²) in [5.74, 6) is -0.208. The summed E-state index contributed by atoms with van der Waals surface area (Å²) >= 11 is 11.2. The van der Waals surface area contributed by atoms with Crippen molar-refractivity contribution in [1.82, 2.24) is 5.32 Å². The van der Waals surface area contributed by atoms with Crippen LogP contribution in [0.25, 0.3) is 0 Å². The molecule has 0 spiro atoms. The number of hydrogen-bond donors (Lipinski definition) is 2. The molecule has 1 aromatic rings. The number of nitrogens with one attached hydrogen (secondary N) is 1. The molecule has 1 aliphatic rings. The van der Waals surface area contributed by atoms with Gasteiger partial charge in [-0.05, 0) is 25.0 Å². The normalized spacial score (nSPS) is 17.7. The molecule has 0 unspecified atom stereocenters. The van der Waals surface area contributed by atoms with Gasteiger partial charge in [-0.2, -0.15) is 0 Å². The van der Waals surface area contributed by atoms with E-state index in [1.54, 1.807) is 24.3 Å². The molecule has 0 bridgehead atoms. The first-order valence-electron chi connectivity index (χ1n) is 6.42. The molecule has 0 heterocycles. The lowest BCUT2D eigenvalue weighted by atomic mass is 9.81. The molecule has 0 radical (unpaired) electrons. The van der Waals surface area contributed by atoms with E-state index in [9.17, 15) is 4.79 Å². The maximum absolute atomic E-state index is 12.3. The second-order valence-corrected chi connectivity index (χ2v) is 5.79. The fourth-order valence-corrected chi connectivity index (χ4v) is 3.00. The van der Waals surface area contributed by atoms with Crippen molar-refractivity contribution in [2.45, 2.75) is 37.6 Å². The number of thiocarbonyl (C=S) groups is 1. The first-order chi connectivity index (χ1) is 9.05. The smallest absolute Gasteiger partial charge is 0.253 e. The van der Waals surface area contributed by atoms with Crippen molar-refractivity contribution < 1.29 is 4.79 Å². The van der Waals surface area contributed by atoms with Crippen LogP contribution in [0.2, 0.25) is 5.02 Å². The van der Waals surface area contributed by atoms with Crippen LogP contribution in [0.15, 0.2) is 24.3 Å². The van der Waals surface area contributed by atoms with Gasteiger partial charge >= 0.3 is 0 Å². The minimum absolute atomic E-state index is 0.208. The lowest BCUT2D eigenvalue weighted by molar-refractivity contribution is 0.0908. The van der Waals surface area contributed by atoms with Crippen LogP contribution in [-0.2, 0) is 0 Å². The Morgan fingerprint density at radius 1 is 1.26 bits per heavy atom. The number of amides is 1. The number of halogens is 1. The molecule has 1 fully saturated rings. The summed E-state index contributed by atoms with van der Waals surface area (Å²) in [6, 6.07) is 6.98. The molecule has 5 heteroatoms. The summed E-state index contributed by atoms with van der Waals surface area (Å²) in [6.45, 7) is 0. The zero-order valence-electron chi connectivity index (χ0n) is 10.6. The Labute approximate surface area is 123 Å². The molecular weight excluding hydrogens is 280 g/mol. The van der Waals surface area contributed by atoms with Crippen molar-refractivity contribution in [2.75, 3.05) is 0 Å². The predicted octanol–water partition coefficient (Wildman–Crippen LogP) is 3.06. The fourth-order valence-electron chi connectivity index (χ4n) is 2.52. The number of carbonyl (C=O) groups is 1. The van der Waals surface area contributed by atoms with Gasteiger partial charge in [-0.1, -0.05) is 55.2 Å². The zero-order chi connectivity index (χ0) is 13.9. The number of benzene rings is 1. The molecule has 0 atom stereocenters. The highest BCUT2D eigenvalue weighted by Crippen LogP contribution is 2.29. The maximum Gasteiger partial charge on any atom is 0.253 e. The third-order valence-electron chi connectivity index (χ3n) is 3.65. The lowest BCUT2D eigenvalue weighted by Gasteiger charge is -2.37. The summed E-state index contributed by atoms with van der Waals surface area (Å²) < 4.78 is 0. The van der Waals surface area contributed by atoms with Gasteiger partial charge in [-0.25, -0.2) is 0 Å². The van der Waals surface area contributed by atoms with E-state index in [-0.39, 0.29) is 5.91 Å². The third-order valence-corrected chi connectivity index (χ3v) is 4.37. The van der Waals surface area contributed by atoms with Crippen LogP contribution in [0.1, 0.15) is 42.5 Å². The lowest BCUT2D eigenvalue weighted by Crippen LogP contribution is -2.57. The van der Waals surface area contributed by atoms with Gasteiger partial charge in [-0.15, -0.1) is 0 Å². The summed E-state index contributed by atoms with van der Waals surface area (Å²) in [6.07, 6.45) is 4.82. The monoisotopic (exact) mass is 296 g/mol. The quantitative estimate of drug-likeness (QED) is 0.843. The van der Waals surface area contributed by atoms with Crippen molar-refractivity contribution in [1.29, 1.82) is 0 Å². The van der Waals surface area contributed by atoms with Gasteiger partial charge in [0.25, 0.3) is 5.91 Å². The largest absolute Gasteiger partial charge is 0.391 e. The first-order valence-corrected chi connectivity index (χ1v) is 7.21. The van der Waals surface area contributed by atoms with Crippen molar-refractivity contribution in [3.63, 3.8) is 0 Å². The van der Waals surface area contributed by atoms with E-state index in [1.165, 1.54) is 0 Å². The average molecular weight is 297 g/mol. The highest BCUT2D eigenvalue weighted by molar-refractivity contribution is 7.80. The molecule has 3 nitrogen and oxygen atoms in total. The summed E-state index contributed by atoms with van der Waals surface area (Å²) in [7, 11) is 0. The van der Waals surface area contributed by atoms with Crippen LogP contribution < -0.4 is 11.1 Å². The zero-order valence-corrected chi connectivity index (χ0v) is 12.2. The van der Waals surface area contributed by atoms with Gasteiger partial charge in [-0.3, -0.25) is 4.79 Å². The van der Waals surface area contributed by atoms with E-state index in [4.69, 9.17) is 29.6 Å². The highest BCUT2D eigenvalue weighted by atomic mass is 35.5. The van der Waals surface area contributed by atoms with Crippen LogP contribution in [0, 0.1) is 0 Å². The van der Waals surface area contributed by atoms with E-state index < -0.39 is 5.54 Å². The Balaban J connectivity index is 2.20. The Bertz CT molecular complexity index is 498. The van der Waals surface area contributed by atoms with E-state index in [0.717, 1.165) is 32.1 Å². The molecule has 3 N–H and O–H groups in total. The van der Waals surface area contributed by atoms with E-state index in [1.807, 2.05) is 0 Å². The second-order valence-electron chi connectivity index (χ2n) is 4.94. The number of hydrogen-bond acceptors (Lipinski definition) is 2. The molecule has 1 amide bonds. The Hall–Kier alpha value is -1.13. The number of rotatable bonds is 3. The molecule has 19 heavy (non-hydrogen) atoms. The molecule has 1 saturated carbocycles. The van der Waals surface area contributed by atoms with Gasteiger partial charge < -0.3 is 11.1 Å². The molecule has 102 valence electrons.